The van der Waals surface area contributed by atoms with Crippen molar-refractivity contribution in [3.05, 3.63) is 59.7 Å². The van der Waals surface area contributed by atoms with Crippen LogP contribution in [0.25, 0.3) is 0 Å². The van der Waals surface area contributed by atoms with Crippen LogP contribution in [0.3, 0.4) is 0 Å². The van der Waals surface area contributed by atoms with Crippen molar-refractivity contribution in [1.29, 1.82) is 0 Å². The number of ether oxygens (including phenoxy) is 2. The summed E-state index contributed by atoms with van der Waals surface area (Å²) >= 11 is 0. The molecule has 0 spiro atoms. The molecule has 184 valence electrons. The first-order chi connectivity index (χ1) is 16.5. The normalized spacial score (nSPS) is 18.6. The Morgan fingerprint density at radius 3 is 2.26 bits per heavy atom. The summed E-state index contributed by atoms with van der Waals surface area (Å²) in [6.45, 7) is 4.43. The number of morpholine rings is 1. The summed E-state index contributed by atoms with van der Waals surface area (Å²) < 4.78 is 37.5. The van der Waals surface area contributed by atoms with Gasteiger partial charge in [-0.1, -0.05) is 24.3 Å². The first kappa shape index (κ1) is 24.8. The van der Waals surface area contributed by atoms with Gasteiger partial charge in [0, 0.05) is 31.2 Å². The first-order valence-corrected chi connectivity index (χ1v) is 13.2. The fraction of sp³-hybridized carbons (Fsp3) is 0.480. The molecule has 2 aliphatic rings. The van der Waals surface area contributed by atoms with E-state index < -0.39 is 10.0 Å². The van der Waals surface area contributed by atoms with Gasteiger partial charge in [0.15, 0.2) is 5.78 Å². The molecule has 2 aliphatic heterocycles. The van der Waals surface area contributed by atoms with Gasteiger partial charge in [-0.3, -0.25) is 9.69 Å². The predicted octanol–water partition coefficient (Wildman–Crippen LogP) is 2.33. The van der Waals surface area contributed by atoms with Crippen molar-refractivity contribution < 1.29 is 22.7 Å². The van der Waals surface area contributed by atoms with Crippen molar-refractivity contribution in [2.45, 2.75) is 23.8 Å². The van der Waals surface area contributed by atoms with Gasteiger partial charge >= 0.3 is 0 Å². The van der Waals surface area contributed by atoms with Crippen molar-refractivity contribution in [2.24, 2.45) is 0 Å². The zero-order valence-corrected chi connectivity index (χ0v) is 20.4. The number of sulfonamides is 1. The monoisotopic (exact) mass is 487 g/mol. The number of Topliss-reactive ketones (excluding diaryl/α,β-unsaturated/α-hetero) is 1. The number of carbonyl (C=O) groups is 1. The molecule has 2 fully saturated rings. The maximum atomic E-state index is 12.8. The van der Waals surface area contributed by atoms with E-state index in [9.17, 15) is 13.2 Å². The molecule has 0 aliphatic carbocycles. The highest BCUT2D eigenvalue weighted by Gasteiger charge is 2.27. The van der Waals surface area contributed by atoms with Gasteiger partial charge < -0.3 is 14.8 Å². The van der Waals surface area contributed by atoms with E-state index in [0.717, 1.165) is 18.8 Å². The Morgan fingerprint density at radius 1 is 1.00 bits per heavy atom. The summed E-state index contributed by atoms with van der Waals surface area (Å²) in [5.74, 6) is 0.761. The van der Waals surface area contributed by atoms with Gasteiger partial charge in [0.05, 0.1) is 31.8 Å². The molecule has 2 saturated heterocycles. The maximum Gasteiger partial charge on any atom is 0.243 e. The molecule has 1 N–H and O–H groups in total. The summed E-state index contributed by atoms with van der Waals surface area (Å²) in [6.07, 6.45) is 2.37. The van der Waals surface area contributed by atoms with E-state index in [1.54, 1.807) is 19.2 Å². The standard InChI is InChI=1S/C25H33N3O5S/c1-32-22-8-4-20(5-9-22)24(27-12-2-3-13-27)18-26-19-25(29)21-6-10-23(11-7-21)34(30,31)28-14-16-33-17-15-28/h4-11,24,26H,2-3,12-19H2,1H3. The number of benzene rings is 2. The third kappa shape index (κ3) is 5.84. The Hall–Kier alpha value is -2.30. The molecular weight excluding hydrogens is 454 g/mol. The minimum Gasteiger partial charge on any atom is -0.497 e. The van der Waals surface area contributed by atoms with E-state index in [1.165, 1.54) is 34.8 Å². The van der Waals surface area contributed by atoms with Crippen LogP contribution in [-0.4, -0.2) is 83.0 Å². The van der Waals surface area contributed by atoms with E-state index in [2.05, 4.69) is 22.3 Å². The van der Waals surface area contributed by atoms with Gasteiger partial charge in [-0.15, -0.1) is 0 Å². The van der Waals surface area contributed by atoms with E-state index in [1.807, 2.05) is 12.1 Å². The molecule has 1 atom stereocenters. The minimum absolute atomic E-state index is 0.0646. The largest absolute Gasteiger partial charge is 0.497 e. The summed E-state index contributed by atoms with van der Waals surface area (Å²) in [4.78, 5) is 15.4. The van der Waals surface area contributed by atoms with Crippen molar-refractivity contribution >= 4 is 15.8 Å². The maximum absolute atomic E-state index is 12.8. The second-order valence-corrected chi connectivity index (χ2v) is 10.6. The van der Waals surface area contributed by atoms with Crippen LogP contribution < -0.4 is 10.1 Å². The second-order valence-electron chi connectivity index (χ2n) is 8.63. The zero-order chi connectivity index (χ0) is 24.0. The van der Waals surface area contributed by atoms with E-state index in [0.29, 0.717) is 38.4 Å². The molecule has 8 nitrogen and oxygen atoms in total. The van der Waals surface area contributed by atoms with Crippen LogP contribution >= 0.6 is 0 Å². The molecule has 0 saturated carbocycles. The fourth-order valence-corrected chi connectivity index (χ4v) is 5.92. The summed E-state index contributed by atoms with van der Waals surface area (Å²) in [5, 5.41) is 3.32. The lowest BCUT2D eigenvalue weighted by Gasteiger charge is -2.28. The highest BCUT2D eigenvalue weighted by atomic mass is 32.2. The van der Waals surface area contributed by atoms with Crippen molar-refractivity contribution in [3.63, 3.8) is 0 Å². The first-order valence-electron chi connectivity index (χ1n) is 11.8. The lowest BCUT2D eigenvalue weighted by Crippen LogP contribution is -2.40. The Kier molecular flexibility index (Phi) is 8.33. The third-order valence-electron chi connectivity index (χ3n) is 6.49. The summed E-state index contributed by atoms with van der Waals surface area (Å²) in [7, 11) is -1.91. The molecule has 4 rings (SSSR count). The van der Waals surface area contributed by atoms with Gasteiger partial charge in [0.25, 0.3) is 0 Å². The number of nitrogens with zero attached hydrogens (tertiary/aromatic N) is 2. The van der Waals surface area contributed by atoms with Crippen LogP contribution in [0.2, 0.25) is 0 Å². The molecule has 34 heavy (non-hydrogen) atoms. The second kappa shape index (κ2) is 11.4. The molecule has 1 unspecified atom stereocenters. The Bertz CT molecular complexity index is 1040. The molecule has 0 bridgehead atoms. The number of hydrogen-bond acceptors (Lipinski definition) is 7. The zero-order valence-electron chi connectivity index (χ0n) is 19.6. The van der Waals surface area contributed by atoms with Crippen LogP contribution in [-0.2, 0) is 14.8 Å². The van der Waals surface area contributed by atoms with Crippen molar-refractivity contribution in [3.8, 4) is 5.75 Å². The molecule has 0 amide bonds. The average Bonchev–Trinajstić information content (AvgIpc) is 3.42. The average molecular weight is 488 g/mol. The van der Waals surface area contributed by atoms with Crippen LogP contribution in [0.4, 0.5) is 0 Å². The predicted molar refractivity (Wildman–Crippen MR) is 130 cm³/mol. The van der Waals surface area contributed by atoms with E-state index >= 15 is 0 Å². The highest BCUT2D eigenvalue weighted by molar-refractivity contribution is 7.89. The number of methoxy groups -OCH3 is 1. The Balaban J connectivity index is 1.36. The molecule has 0 radical (unpaired) electrons. The van der Waals surface area contributed by atoms with Gasteiger partial charge in [0.1, 0.15) is 5.75 Å². The Morgan fingerprint density at radius 2 is 1.65 bits per heavy atom. The van der Waals surface area contributed by atoms with Gasteiger partial charge in [0.2, 0.25) is 10.0 Å². The lowest BCUT2D eigenvalue weighted by molar-refractivity contribution is 0.0730. The summed E-state index contributed by atoms with van der Waals surface area (Å²) in [6, 6.07) is 14.5. The minimum atomic E-state index is -3.57. The number of carbonyl (C=O) groups excluding carboxylic acids is 1. The topological polar surface area (TPSA) is 88.2 Å². The van der Waals surface area contributed by atoms with Gasteiger partial charge in [-0.2, -0.15) is 4.31 Å². The molecule has 2 aromatic rings. The highest BCUT2D eigenvalue weighted by Crippen LogP contribution is 2.26. The smallest absolute Gasteiger partial charge is 0.243 e. The SMILES string of the molecule is COc1ccc(C(CNCC(=O)c2ccc(S(=O)(=O)N3CCOCC3)cc2)N2CCCC2)cc1. The number of nitrogens with one attached hydrogen (secondary N) is 1. The molecule has 9 heteroatoms. The summed E-state index contributed by atoms with van der Waals surface area (Å²) in [5.41, 5.74) is 1.69. The van der Waals surface area contributed by atoms with Crippen LogP contribution in [0.15, 0.2) is 53.4 Å². The van der Waals surface area contributed by atoms with E-state index in [4.69, 9.17) is 9.47 Å². The Labute approximate surface area is 201 Å². The van der Waals surface area contributed by atoms with Crippen molar-refractivity contribution in [1.82, 2.24) is 14.5 Å². The molecule has 2 aromatic carbocycles. The van der Waals surface area contributed by atoms with E-state index in [-0.39, 0.29) is 23.3 Å². The molecular formula is C25H33N3O5S. The fourth-order valence-electron chi connectivity index (χ4n) is 4.51. The van der Waals surface area contributed by atoms with Gasteiger partial charge in [-0.25, -0.2) is 8.42 Å². The number of rotatable bonds is 10. The van der Waals surface area contributed by atoms with Gasteiger partial charge in [-0.05, 0) is 55.8 Å². The number of hydrogen-bond donors (Lipinski definition) is 1. The quantitative estimate of drug-likeness (QED) is 0.515. The number of likely N-dealkylation sites (tertiary alicyclic amines) is 1. The van der Waals surface area contributed by atoms with Crippen LogP contribution in [0.1, 0.15) is 34.8 Å². The molecule has 2 heterocycles. The van der Waals surface area contributed by atoms with Crippen molar-refractivity contribution in [2.75, 3.05) is 59.6 Å². The molecule has 0 aromatic heterocycles. The number of ketones is 1. The third-order valence-corrected chi connectivity index (χ3v) is 8.40. The lowest BCUT2D eigenvalue weighted by atomic mass is 10.0. The van der Waals surface area contributed by atoms with Crippen LogP contribution in [0.5, 0.6) is 5.75 Å². The van der Waals surface area contributed by atoms with Crippen LogP contribution in [0, 0.1) is 0 Å².